The third kappa shape index (κ3) is 2.07. The summed E-state index contributed by atoms with van der Waals surface area (Å²) in [7, 11) is 1.81. The lowest BCUT2D eigenvalue weighted by Gasteiger charge is -2.41. The predicted molar refractivity (Wildman–Crippen MR) is 78.6 cm³/mol. The molecule has 1 atom stereocenters. The Morgan fingerprint density at radius 1 is 1.39 bits per heavy atom. The molecule has 0 saturated heterocycles. The van der Waals surface area contributed by atoms with Gasteiger partial charge in [-0.25, -0.2) is 0 Å². The van der Waals surface area contributed by atoms with Gasteiger partial charge in [0.2, 0.25) is 0 Å². The molecular weight excluding hydrogens is 264 g/mol. The van der Waals surface area contributed by atoms with E-state index in [-0.39, 0.29) is 11.0 Å². The highest BCUT2D eigenvalue weighted by molar-refractivity contribution is 7.17. The monoisotopic (exact) mass is 280 g/mol. The second-order valence-electron chi connectivity index (χ2n) is 5.10. The summed E-state index contributed by atoms with van der Waals surface area (Å²) in [4.78, 5) is 0. The molecule has 0 N–H and O–H groups in total. The largest absolute Gasteiger partial charge is 0.378 e. The van der Waals surface area contributed by atoms with Crippen LogP contribution in [0.2, 0.25) is 0 Å². The van der Waals surface area contributed by atoms with E-state index in [1.165, 1.54) is 22.1 Å². The molecule has 2 aromatic rings. The Balaban J connectivity index is 1.85. The molecule has 1 aromatic carbocycles. The summed E-state index contributed by atoms with van der Waals surface area (Å²) in [6.45, 7) is 0. The van der Waals surface area contributed by atoms with Gasteiger partial charge < -0.3 is 4.74 Å². The Labute approximate surface area is 117 Å². The van der Waals surface area contributed by atoms with Crippen molar-refractivity contribution in [3.8, 4) is 0 Å². The van der Waals surface area contributed by atoms with Crippen LogP contribution in [0.4, 0.5) is 0 Å². The lowest BCUT2D eigenvalue weighted by atomic mass is 9.76. The van der Waals surface area contributed by atoms with Crippen LogP contribution >= 0.6 is 22.9 Å². The van der Waals surface area contributed by atoms with Crippen molar-refractivity contribution in [3.63, 3.8) is 0 Å². The van der Waals surface area contributed by atoms with Gasteiger partial charge in [-0.1, -0.05) is 18.2 Å². The fraction of sp³-hybridized carbons (Fsp3) is 0.467. The summed E-state index contributed by atoms with van der Waals surface area (Å²) in [5.41, 5.74) is 1.30. The molecule has 1 aromatic heterocycles. The van der Waals surface area contributed by atoms with Crippen molar-refractivity contribution in [2.75, 3.05) is 7.11 Å². The molecule has 1 aliphatic rings. The number of thiophene rings is 1. The molecule has 3 heteroatoms. The van der Waals surface area contributed by atoms with E-state index in [1.54, 1.807) is 11.3 Å². The molecule has 1 heterocycles. The molecule has 1 nitrogen and oxygen atoms in total. The molecular formula is C15H17ClOS. The summed E-state index contributed by atoms with van der Waals surface area (Å²) in [6.07, 6.45) is 4.48. The number of hydrogen-bond acceptors (Lipinski definition) is 2. The molecule has 0 spiro atoms. The summed E-state index contributed by atoms with van der Waals surface area (Å²) in [6, 6.07) is 8.48. The molecule has 1 aliphatic carbocycles. The first-order valence-electron chi connectivity index (χ1n) is 6.39. The van der Waals surface area contributed by atoms with Crippen LogP contribution in [-0.2, 0) is 4.74 Å². The van der Waals surface area contributed by atoms with E-state index >= 15 is 0 Å². The molecule has 3 rings (SSSR count). The van der Waals surface area contributed by atoms with E-state index in [9.17, 15) is 0 Å². The molecule has 1 saturated carbocycles. The SMILES string of the molecule is COC1(CC(Cl)c2csc3ccccc23)CCC1. The smallest absolute Gasteiger partial charge is 0.0696 e. The highest BCUT2D eigenvalue weighted by Gasteiger charge is 2.39. The molecule has 0 aliphatic heterocycles. The highest BCUT2D eigenvalue weighted by atomic mass is 35.5. The Bertz CT molecular complexity index is 539. The maximum atomic E-state index is 6.63. The molecule has 0 amide bonds. The second kappa shape index (κ2) is 4.84. The Kier molecular flexibility index (Phi) is 3.35. The van der Waals surface area contributed by atoms with Gasteiger partial charge in [0, 0.05) is 11.8 Å². The van der Waals surface area contributed by atoms with Gasteiger partial charge >= 0.3 is 0 Å². The minimum atomic E-state index is 0.0372. The number of rotatable bonds is 4. The third-order valence-corrected chi connectivity index (χ3v) is 5.47. The van der Waals surface area contributed by atoms with Crippen LogP contribution in [0.15, 0.2) is 29.6 Å². The summed E-state index contributed by atoms with van der Waals surface area (Å²) in [5, 5.41) is 3.55. The van der Waals surface area contributed by atoms with Crippen LogP contribution in [0.5, 0.6) is 0 Å². The first kappa shape index (κ1) is 12.5. The Morgan fingerprint density at radius 2 is 2.17 bits per heavy atom. The third-order valence-electron chi connectivity index (χ3n) is 4.10. The lowest BCUT2D eigenvalue weighted by molar-refractivity contribution is -0.0779. The van der Waals surface area contributed by atoms with Gasteiger partial charge in [-0.3, -0.25) is 0 Å². The van der Waals surface area contributed by atoms with Crippen molar-refractivity contribution in [1.29, 1.82) is 0 Å². The lowest BCUT2D eigenvalue weighted by Crippen LogP contribution is -2.39. The van der Waals surface area contributed by atoms with E-state index in [2.05, 4.69) is 29.6 Å². The second-order valence-corrected chi connectivity index (χ2v) is 6.54. The van der Waals surface area contributed by atoms with Crippen LogP contribution in [0, 0.1) is 0 Å². The topological polar surface area (TPSA) is 9.23 Å². The first-order valence-corrected chi connectivity index (χ1v) is 7.71. The summed E-state index contributed by atoms with van der Waals surface area (Å²) < 4.78 is 6.99. The van der Waals surface area contributed by atoms with Gasteiger partial charge in [-0.2, -0.15) is 0 Å². The minimum absolute atomic E-state index is 0.0372. The number of methoxy groups -OCH3 is 1. The van der Waals surface area contributed by atoms with Gasteiger partial charge in [-0.05, 0) is 48.1 Å². The van der Waals surface area contributed by atoms with Crippen molar-refractivity contribution in [1.82, 2.24) is 0 Å². The van der Waals surface area contributed by atoms with Crippen molar-refractivity contribution < 1.29 is 4.74 Å². The van der Waals surface area contributed by atoms with E-state index in [4.69, 9.17) is 16.3 Å². The summed E-state index contributed by atoms with van der Waals surface area (Å²) in [5.74, 6) is 0. The van der Waals surface area contributed by atoms with Gasteiger partial charge in [0.15, 0.2) is 0 Å². The molecule has 96 valence electrons. The highest BCUT2D eigenvalue weighted by Crippen LogP contribution is 2.45. The normalized spacial score (nSPS) is 19.7. The van der Waals surface area contributed by atoms with Crippen molar-refractivity contribution >= 4 is 33.0 Å². The van der Waals surface area contributed by atoms with Crippen molar-refractivity contribution in [2.24, 2.45) is 0 Å². The van der Waals surface area contributed by atoms with Crippen LogP contribution in [-0.4, -0.2) is 12.7 Å². The molecule has 0 bridgehead atoms. The predicted octanol–water partition coefficient (Wildman–Crippen LogP) is 5.14. The van der Waals surface area contributed by atoms with Gasteiger partial charge in [0.05, 0.1) is 11.0 Å². The van der Waals surface area contributed by atoms with E-state index in [1.807, 2.05) is 7.11 Å². The molecule has 1 unspecified atom stereocenters. The number of fused-ring (bicyclic) bond motifs is 1. The van der Waals surface area contributed by atoms with Crippen LogP contribution in [0.25, 0.3) is 10.1 Å². The number of hydrogen-bond donors (Lipinski definition) is 0. The zero-order valence-corrected chi connectivity index (χ0v) is 12.1. The quantitative estimate of drug-likeness (QED) is 0.705. The van der Waals surface area contributed by atoms with Gasteiger partial charge in [0.25, 0.3) is 0 Å². The standard InChI is InChI=1S/C15H17ClOS/c1-17-15(7-4-8-15)9-13(16)12-10-18-14-6-3-2-5-11(12)14/h2-3,5-6,10,13H,4,7-9H2,1H3. The Hall–Kier alpha value is -0.570. The first-order chi connectivity index (χ1) is 8.74. The number of halogens is 1. The number of benzene rings is 1. The van der Waals surface area contributed by atoms with E-state index < -0.39 is 0 Å². The van der Waals surface area contributed by atoms with Crippen LogP contribution in [0.3, 0.4) is 0 Å². The fourth-order valence-corrected chi connectivity index (χ4v) is 4.29. The average Bonchev–Trinajstić information content (AvgIpc) is 2.77. The number of alkyl halides is 1. The maximum Gasteiger partial charge on any atom is 0.0696 e. The van der Waals surface area contributed by atoms with Crippen molar-refractivity contribution in [3.05, 3.63) is 35.2 Å². The fourth-order valence-electron chi connectivity index (χ4n) is 2.74. The zero-order chi connectivity index (χ0) is 12.6. The maximum absolute atomic E-state index is 6.63. The van der Waals surface area contributed by atoms with Gasteiger partial charge in [-0.15, -0.1) is 22.9 Å². The Morgan fingerprint density at radius 3 is 2.83 bits per heavy atom. The van der Waals surface area contributed by atoms with Crippen molar-refractivity contribution in [2.45, 2.75) is 36.7 Å². The van der Waals surface area contributed by atoms with Crippen LogP contribution in [0.1, 0.15) is 36.6 Å². The average molecular weight is 281 g/mol. The van der Waals surface area contributed by atoms with Gasteiger partial charge in [0.1, 0.15) is 0 Å². The molecule has 0 radical (unpaired) electrons. The molecule has 18 heavy (non-hydrogen) atoms. The molecule has 1 fully saturated rings. The minimum Gasteiger partial charge on any atom is -0.378 e. The van der Waals surface area contributed by atoms with E-state index in [0.717, 1.165) is 19.3 Å². The summed E-state index contributed by atoms with van der Waals surface area (Å²) >= 11 is 8.41. The zero-order valence-electron chi connectivity index (χ0n) is 10.5. The number of ether oxygens (including phenoxy) is 1. The van der Waals surface area contributed by atoms with Crippen LogP contribution < -0.4 is 0 Å². The van der Waals surface area contributed by atoms with E-state index in [0.29, 0.717) is 0 Å².